The SMILES string of the molecule is COCCOCC(=O)Nc1ccc(N)c2ncccc12. The summed E-state index contributed by atoms with van der Waals surface area (Å²) < 4.78 is 10.0. The monoisotopic (exact) mass is 275 g/mol. The second-order valence-electron chi connectivity index (χ2n) is 4.20. The van der Waals surface area contributed by atoms with Crippen LogP contribution < -0.4 is 11.1 Å². The Morgan fingerprint density at radius 2 is 2.20 bits per heavy atom. The molecule has 0 aliphatic carbocycles. The number of benzene rings is 1. The quantitative estimate of drug-likeness (QED) is 0.615. The van der Waals surface area contributed by atoms with Crippen molar-refractivity contribution < 1.29 is 14.3 Å². The summed E-state index contributed by atoms with van der Waals surface area (Å²) >= 11 is 0. The molecular formula is C14H17N3O3. The number of aromatic nitrogens is 1. The molecule has 1 aromatic carbocycles. The van der Waals surface area contributed by atoms with Crippen molar-refractivity contribution in [3.05, 3.63) is 30.5 Å². The number of anilines is 2. The molecule has 1 heterocycles. The molecule has 0 radical (unpaired) electrons. The van der Waals surface area contributed by atoms with E-state index in [9.17, 15) is 4.79 Å². The number of nitrogens with two attached hydrogens (primary N) is 1. The zero-order chi connectivity index (χ0) is 14.4. The van der Waals surface area contributed by atoms with Crippen LogP contribution in [0.5, 0.6) is 0 Å². The first-order valence-corrected chi connectivity index (χ1v) is 6.22. The lowest BCUT2D eigenvalue weighted by Gasteiger charge is -2.10. The molecule has 1 aromatic heterocycles. The summed E-state index contributed by atoms with van der Waals surface area (Å²) in [6, 6.07) is 7.13. The molecule has 6 nitrogen and oxygen atoms in total. The molecule has 0 saturated carbocycles. The van der Waals surface area contributed by atoms with Gasteiger partial charge in [-0.1, -0.05) is 0 Å². The van der Waals surface area contributed by atoms with Gasteiger partial charge in [0.2, 0.25) is 5.91 Å². The van der Waals surface area contributed by atoms with Gasteiger partial charge >= 0.3 is 0 Å². The predicted molar refractivity (Wildman–Crippen MR) is 77.5 cm³/mol. The Morgan fingerprint density at radius 1 is 1.35 bits per heavy atom. The van der Waals surface area contributed by atoms with Crippen LogP contribution in [-0.4, -0.2) is 37.8 Å². The van der Waals surface area contributed by atoms with Crippen molar-refractivity contribution in [2.45, 2.75) is 0 Å². The molecule has 1 amide bonds. The van der Waals surface area contributed by atoms with Crippen LogP contribution in [0.1, 0.15) is 0 Å². The number of rotatable bonds is 6. The highest BCUT2D eigenvalue weighted by molar-refractivity contribution is 6.04. The summed E-state index contributed by atoms with van der Waals surface area (Å²) in [7, 11) is 1.58. The van der Waals surface area contributed by atoms with Crippen molar-refractivity contribution >= 4 is 28.2 Å². The molecular weight excluding hydrogens is 258 g/mol. The Morgan fingerprint density at radius 3 is 3.00 bits per heavy atom. The van der Waals surface area contributed by atoms with Gasteiger partial charge in [0.05, 0.1) is 30.1 Å². The lowest BCUT2D eigenvalue weighted by molar-refractivity contribution is -0.121. The molecule has 2 rings (SSSR count). The lowest BCUT2D eigenvalue weighted by atomic mass is 10.1. The minimum Gasteiger partial charge on any atom is -0.397 e. The van der Waals surface area contributed by atoms with Gasteiger partial charge in [-0.15, -0.1) is 0 Å². The number of methoxy groups -OCH3 is 1. The summed E-state index contributed by atoms with van der Waals surface area (Å²) in [5.74, 6) is -0.226. The van der Waals surface area contributed by atoms with Crippen LogP contribution in [0, 0.1) is 0 Å². The highest BCUT2D eigenvalue weighted by Gasteiger charge is 2.08. The van der Waals surface area contributed by atoms with E-state index in [-0.39, 0.29) is 12.5 Å². The third kappa shape index (κ3) is 3.43. The summed E-state index contributed by atoms with van der Waals surface area (Å²) in [6.07, 6.45) is 1.66. The largest absolute Gasteiger partial charge is 0.397 e. The first-order chi connectivity index (χ1) is 9.72. The number of nitrogens with zero attached hydrogens (tertiary/aromatic N) is 1. The van der Waals surface area contributed by atoms with Gasteiger partial charge in [-0.2, -0.15) is 0 Å². The van der Waals surface area contributed by atoms with E-state index < -0.39 is 0 Å². The standard InChI is InChI=1S/C14H17N3O3/c1-19-7-8-20-9-13(18)17-12-5-4-11(15)14-10(12)3-2-6-16-14/h2-6H,7-9,15H2,1H3,(H,17,18). The van der Waals surface area contributed by atoms with Gasteiger partial charge < -0.3 is 20.5 Å². The van der Waals surface area contributed by atoms with Gasteiger partial charge in [-0.3, -0.25) is 9.78 Å². The fraction of sp³-hybridized carbons (Fsp3) is 0.286. The van der Waals surface area contributed by atoms with Gasteiger partial charge in [0.15, 0.2) is 0 Å². The number of hydrogen-bond donors (Lipinski definition) is 2. The number of hydrogen-bond acceptors (Lipinski definition) is 5. The molecule has 2 aromatic rings. The first kappa shape index (κ1) is 14.2. The van der Waals surface area contributed by atoms with Gasteiger partial charge in [0.1, 0.15) is 6.61 Å². The number of carbonyl (C=O) groups is 1. The molecule has 3 N–H and O–H groups in total. The van der Waals surface area contributed by atoms with Crippen LogP contribution in [0.2, 0.25) is 0 Å². The van der Waals surface area contributed by atoms with E-state index >= 15 is 0 Å². The van der Waals surface area contributed by atoms with Gasteiger partial charge in [0.25, 0.3) is 0 Å². The van der Waals surface area contributed by atoms with Crippen LogP contribution in [0.4, 0.5) is 11.4 Å². The van der Waals surface area contributed by atoms with Crippen molar-refractivity contribution in [2.75, 3.05) is 38.0 Å². The Hall–Kier alpha value is -2.18. The van der Waals surface area contributed by atoms with Crippen LogP contribution in [0.3, 0.4) is 0 Å². The summed E-state index contributed by atoms with van der Waals surface area (Å²) in [6.45, 7) is 0.825. The highest BCUT2D eigenvalue weighted by Crippen LogP contribution is 2.26. The van der Waals surface area contributed by atoms with Crippen molar-refractivity contribution in [3.63, 3.8) is 0 Å². The van der Waals surface area contributed by atoms with E-state index in [1.807, 2.05) is 6.07 Å². The van der Waals surface area contributed by atoms with E-state index in [0.717, 1.165) is 5.39 Å². The van der Waals surface area contributed by atoms with Crippen molar-refractivity contribution in [3.8, 4) is 0 Å². The topological polar surface area (TPSA) is 86.5 Å². The number of amides is 1. The fourth-order valence-electron chi connectivity index (χ4n) is 1.80. The summed E-state index contributed by atoms with van der Waals surface area (Å²) in [5.41, 5.74) is 7.78. The summed E-state index contributed by atoms with van der Waals surface area (Å²) in [4.78, 5) is 16.0. The second kappa shape index (κ2) is 6.83. The Labute approximate surface area is 116 Å². The minimum atomic E-state index is -0.226. The molecule has 0 unspecified atom stereocenters. The molecule has 0 aliphatic heterocycles. The van der Waals surface area contributed by atoms with Crippen LogP contribution in [-0.2, 0) is 14.3 Å². The first-order valence-electron chi connectivity index (χ1n) is 6.22. The Kier molecular flexibility index (Phi) is 4.86. The highest BCUT2D eigenvalue weighted by atomic mass is 16.5. The number of nitrogen functional groups attached to an aromatic ring is 1. The predicted octanol–water partition coefficient (Wildman–Crippen LogP) is 1.42. The Bertz CT molecular complexity index is 601. The zero-order valence-corrected chi connectivity index (χ0v) is 11.3. The third-order valence-electron chi connectivity index (χ3n) is 2.74. The second-order valence-corrected chi connectivity index (χ2v) is 4.20. The molecule has 0 atom stereocenters. The van der Waals surface area contributed by atoms with E-state index in [2.05, 4.69) is 10.3 Å². The lowest BCUT2D eigenvalue weighted by Crippen LogP contribution is -2.19. The van der Waals surface area contributed by atoms with Crippen LogP contribution in [0.15, 0.2) is 30.5 Å². The Balaban J connectivity index is 2.06. The molecule has 20 heavy (non-hydrogen) atoms. The van der Waals surface area contributed by atoms with Crippen LogP contribution >= 0.6 is 0 Å². The maximum Gasteiger partial charge on any atom is 0.250 e. The van der Waals surface area contributed by atoms with Crippen molar-refractivity contribution in [1.82, 2.24) is 4.98 Å². The van der Waals surface area contributed by atoms with E-state index in [4.69, 9.17) is 15.2 Å². The maximum atomic E-state index is 11.8. The molecule has 106 valence electrons. The fourth-order valence-corrected chi connectivity index (χ4v) is 1.80. The van der Waals surface area contributed by atoms with Gasteiger partial charge in [-0.05, 0) is 24.3 Å². The number of nitrogens with one attached hydrogen (secondary N) is 1. The average molecular weight is 275 g/mol. The van der Waals surface area contributed by atoms with Crippen molar-refractivity contribution in [1.29, 1.82) is 0 Å². The number of ether oxygens (including phenoxy) is 2. The van der Waals surface area contributed by atoms with E-state index in [0.29, 0.717) is 30.1 Å². The van der Waals surface area contributed by atoms with Crippen LogP contribution in [0.25, 0.3) is 10.9 Å². The molecule has 0 spiro atoms. The molecule has 0 saturated heterocycles. The minimum absolute atomic E-state index is 0.0184. The van der Waals surface area contributed by atoms with Crippen molar-refractivity contribution in [2.24, 2.45) is 0 Å². The maximum absolute atomic E-state index is 11.8. The smallest absolute Gasteiger partial charge is 0.250 e. The molecule has 0 bridgehead atoms. The number of pyridine rings is 1. The third-order valence-corrected chi connectivity index (χ3v) is 2.74. The van der Waals surface area contributed by atoms with E-state index in [1.165, 1.54) is 0 Å². The average Bonchev–Trinajstić information content (AvgIpc) is 2.47. The normalized spacial score (nSPS) is 10.7. The van der Waals surface area contributed by atoms with E-state index in [1.54, 1.807) is 31.5 Å². The number of fused-ring (bicyclic) bond motifs is 1. The van der Waals surface area contributed by atoms with Gasteiger partial charge in [-0.25, -0.2) is 0 Å². The number of carbonyl (C=O) groups excluding carboxylic acids is 1. The molecule has 0 fully saturated rings. The van der Waals surface area contributed by atoms with Gasteiger partial charge in [0, 0.05) is 18.7 Å². The molecule has 6 heteroatoms. The summed E-state index contributed by atoms with van der Waals surface area (Å²) in [5, 5.41) is 3.59. The zero-order valence-electron chi connectivity index (χ0n) is 11.3. The molecule has 0 aliphatic rings.